The van der Waals surface area contributed by atoms with Crippen molar-refractivity contribution < 1.29 is 18.0 Å². The van der Waals surface area contributed by atoms with Gasteiger partial charge in [-0.2, -0.15) is 4.98 Å². The zero-order chi connectivity index (χ0) is 15.7. The van der Waals surface area contributed by atoms with Gasteiger partial charge in [-0.15, -0.1) is 0 Å². The van der Waals surface area contributed by atoms with Gasteiger partial charge in [0.05, 0.1) is 12.5 Å². The summed E-state index contributed by atoms with van der Waals surface area (Å²) in [4.78, 5) is 4.32. The maximum Gasteiger partial charge on any atom is 0.261 e. The van der Waals surface area contributed by atoms with Crippen LogP contribution in [0.15, 0.2) is 4.52 Å². The van der Waals surface area contributed by atoms with E-state index in [1.807, 2.05) is 6.92 Å². The van der Waals surface area contributed by atoms with Crippen LogP contribution in [0.3, 0.4) is 0 Å². The molecule has 5 nitrogen and oxygen atoms in total. The lowest BCUT2D eigenvalue weighted by molar-refractivity contribution is 0.0182. The minimum absolute atomic E-state index is 0.116. The number of alkyl halides is 2. The van der Waals surface area contributed by atoms with E-state index in [4.69, 9.17) is 9.26 Å². The van der Waals surface area contributed by atoms with E-state index >= 15 is 0 Å². The molecule has 0 aromatic carbocycles. The molecule has 1 N–H and O–H groups in total. The van der Waals surface area contributed by atoms with Crippen LogP contribution in [0.4, 0.5) is 8.78 Å². The summed E-state index contributed by atoms with van der Waals surface area (Å²) in [5, 5.41) is 7.33. The average molecular weight is 305 g/mol. The summed E-state index contributed by atoms with van der Waals surface area (Å²) in [7, 11) is 0. The molecule has 122 valence electrons. The predicted octanol–water partition coefficient (Wildman–Crippen LogP) is 2.78. The lowest BCUT2D eigenvalue weighted by atomic mass is 9.99. The third kappa shape index (κ3) is 6.48. The van der Waals surface area contributed by atoms with Crippen LogP contribution in [0.1, 0.15) is 51.2 Å². The molecule has 1 aromatic rings. The van der Waals surface area contributed by atoms with Crippen LogP contribution in [0.5, 0.6) is 0 Å². The Balaban J connectivity index is 2.45. The number of aromatic nitrogens is 2. The van der Waals surface area contributed by atoms with E-state index in [0.29, 0.717) is 18.1 Å². The summed E-state index contributed by atoms with van der Waals surface area (Å²) in [6, 6.07) is 0.285. The van der Waals surface area contributed by atoms with Crippen LogP contribution in [-0.2, 0) is 11.2 Å². The first-order valence-electron chi connectivity index (χ1n) is 7.50. The molecular formula is C14H25F2N3O2. The largest absolute Gasteiger partial charge is 0.375 e. The molecule has 0 spiro atoms. The van der Waals surface area contributed by atoms with Crippen molar-refractivity contribution in [3.05, 3.63) is 11.7 Å². The van der Waals surface area contributed by atoms with Gasteiger partial charge in [0, 0.05) is 12.5 Å². The van der Waals surface area contributed by atoms with Crippen molar-refractivity contribution in [3.63, 3.8) is 0 Å². The second-order valence-corrected chi connectivity index (χ2v) is 5.02. The highest BCUT2D eigenvalue weighted by molar-refractivity contribution is 4.97. The van der Waals surface area contributed by atoms with Gasteiger partial charge in [-0.3, -0.25) is 0 Å². The zero-order valence-corrected chi connectivity index (χ0v) is 12.9. The number of nitrogens with zero attached hydrogens (tertiary/aromatic N) is 2. The Hall–Kier alpha value is -1.08. The van der Waals surface area contributed by atoms with Crippen molar-refractivity contribution in [1.29, 1.82) is 0 Å². The number of hydrogen-bond acceptors (Lipinski definition) is 5. The zero-order valence-electron chi connectivity index (χ0n) is 12.9. The Morgan fingerprint density at radius 1 is 1.33 bits per heavy atom. The highest BCUT2D eigenvalue weighted by Gasteiger charge is 2.22. The Labute approximate surface area is 124 Å². The molecule has 21 heavy (non-hydrogen) atoms. The topological polar surface area (TPSA) is 60.2 Å². The second kappa shape index (κ2) is 9.78. The SMILES string of the molecule is CCCNC(CC)C(C)c1nc(CCOCC(F)F)no1. The van der Waals surface area contributed by atoms with Gasteiger partial charge < -0.3 is 14.6 Å². The van der Waals surface area contributed by atoms with Gasteiger partial charge in [-0.1, -0.05) is 25.9 Å². The molecule has 1 rings (SSSR count). The number of hydrogen-bond donors (Lipinski definition) is 1. The Morgan fingerprint density at radius 3 is 2.71 bits per heavy atom. The first kappa shape index (κ1) is 18.0. The van der Waals surface area contributed by atoms with E-state index < -0.39 is 13.0 Å². The molecule has 0 fully saturated rings. The summed E-state index contributed by atoms with van der Waals surface area (Å²) in [6.45, 7) is 6.84. The van der Waals surface area contributed by atoms with Crippen molar-refractivity contribution in [2.45, 2.75) is 58.4 Å². The van der Waals surface area contributed by atoms with Crippen LogP contribution in [0.2, 0.25) is 0 Å². The van der Waals surface area contributed by atoms with Crippen molar-refractivity contribution in [1.82, 2.24) is 15.5 Å². The van der Waals surface area contributed by atoms with E-state index in [1.54, 1.807) is 0 Å². The average Bonchev–Trinajstić information content (AvgIpc) is 2.93. The minimum Gasteiger partial charge on any atom is -0.375 e. The standard InChI is InChI=1S/C14H25F2N3O2/c1-4-7-17-11(5-2)10(3)14-18-13(19-21-14)6-8-20-9-12(15)16/h10-12,17H,4-9H2,1-3H3. The predicted molar refractivity (Wildman–Crippen MR) is 75.6 cm³/mol. The fourth-order valence-electron chi connectivity index (χ4n) is 2.07. The molecule has 7 heteroatoms. The molecule has 2 unspecified atom stereocenters. The molecule has 2 atom stereocenters. The molecule has 1 heterocycles. The maximum atomic E-state index is 11.9. The Bertz CT molecular complexity index is 388. The van der Waals surface area contributed by atoms with Crippen LogP contribution in [0.25, 0.3) is 0 Å². The number of halogens is 2. The lowest BCUT2D eigenvalue weighted by Crippen LogP contribution is -2.33. The first-order chi connectivity index (χ1) is 10.1. The van der Waals surface area contributed by atoms with Gasteiger partial charge in [0.25, 0.3) is 6.43 Å². The summed E-state index contributed by atoms with van der Waals surface area (Å²) < 4.78 is 33.9. The molecule has 0 aliphatic carbocycles. The maximum absolute atomic E-state index is 11.9. The molecule has 0 radical (unpaired) electrons. The van der Waals surface area contributed by atoms with Crippen molar-refractivity contribution in [3.8, 4) is 0 Å². The smallest absolute Gasteiger partial charge is 0.261 e. The van der Waals surface area contributed by atoms with Gasteiger partial charge >= 0.3 is 0 Å². The van der Waals surface area contributed by atoms with Crippen molar-refractivity contribution >= 4 is 0 Å². The van der Waals surface area contributed by atoms with Crippen LogP contribution >= 0.6 is 0 Å². The first-order valence-corrected chi connectivity index (χ1v) is 7.50. The molecular weight excluding hydrogens is 280 g/mol. The normalized spacial score (nSPS) is 14.6. The van der Waals surface area contributed by atoms with Crippen LogP contribution in [0, 0.1) is 0 Å². The van der Waals surface area contributed by atoms with Gasteiger partial charge in [0.15, 0.2) is 5.82 Å². The monoisotopic (exact) mass is 305 g/mol. The van der Waals surface area contributed by atoms with E-state index in [2.05, 4.69) is 29.3 Å². The van der Waals surface area contributed by atoms with Gasteiger partial charge in [0.2, 0.25) is 5.89 Å². The number of rotatable bonds is 11. The van der Waals surface area contributed by atoms with E-state index in [-0.39, 0.29) is 18.6 Å². The number of nitrogens with one attached hydrogen (secondary N) is 1. The van der Waals surface area contributed by atoms with Crippen molar-refractivity contribution in [2.24, 2.45) is 0 Å². The molecule has 1 aromatic heterocycles. The van der Waals surface area contributed by atoms with E-state index in [0.717, 1.165) is 19.4 Å². The fourth-order valence-corrected chi connectivity index (χ4v) is 2.07. The van der Waals surface area contributed by atoms with Crippen LogP contribution < -0.4 is 5.32 Å². The van der Waals surface area contributed by atoms with Gasteiger partial charge in [0.1, 0.15) is 6.61 Å². The summed E-state index contributed by atoms with van der Waals surface area (Å²) in [6.07, 6.45) is -0.0287. The number of ether oxygens (including phenoxy) is 1. The molecule has 0 aliphatic heterocycles. The molecule has 0 bridgehead atoms. The van der Waals surface area contributed by atoms with Crippen LogP contribution in [-0.4, -0.2) is 42.4 Å². The molecule has 0 saturated heterocycles. The van der Waals surface area contributed by atoms with Crippen molar-refractivity contribution in [2.75, 3.05) is 19.8 Å². The molecule has 0 saturated carbocycles. The highest BCUT2D eigenvalue weighted by Crippen LogP contribution is 2.19. The fraction of sp³-hybridized carbons (Fsp3) is 0.857. The highest BCUT2D eigenvalue weighted by atomic mass is 19.3. The van der Waals surface area contributed by atoms with Gasteiger partial charge in [-0.25, -0.2) is 8.78 Å². The Morgan fingerprint density at radius 2 is 2.10 bits per heavy atom. The van der Waals surface area contributed by atoms with E-state index in [9.17, 15) is 8.78 Å². The van der Waals surface area contributed by atoms with E-state index in [1.165, 1.54) is 0 Å². The second-order valence-electron chi connectivity index (χ2n) is 5.02. The third-order valence-corrected chi connectivity index (χ3v) is 3.29. The molecule has 0 amide bonds. The summed E-state index contributed by atoms with van der Waals surface area (Å²) in [5.74, 6) is 1.19. The summed E-state index contributed by atoms with van der Waals surface area (Å²) in [5.41, 5.74) is 0. The molecule has 0 aliphatic rings. The third-order valence-electron chi connectivity index (χ3n) is 3.29. The minimum atomic E-state index is -2.44. The van der Waals surface area contributed by atoms with Gasteiger partial charge in [-0.05, 0) is 19.4 Å². The Kier molecular flexibility index (Phi) is 8.37. The summed E-state index contributed by atoms with van der Waals surface area (Å²) >= 11 is 0. The quantitative estimate of drug-likeness (QED) is 0.637. The lowest BCUT2D eigenvalue weighted by Gasteiger charge is -2.20.